The molecule has 0 spiro atoms. The number of carbonyl (C=O) groups excluding carboxylic acids is 1. The van der Waals surface area contributed by atoms with E-state index in [-0.39, 0.29) is 12.3 Å². The summed E-state index contributed by atoms with van der Waals surface area (Å²) >= 11 is 3.35. The summed E-state index contributed by atoms with van der Waals surface area (Å²) in [7, 11) is 0. The van der Waals surface area contributed by atoms with E-state index in [0.29, 0.717) is 11.1 Å². The van der Waals surface area contributed by atoms with E-state index in [1.54, 1.807) is 24.3 Å². The smallest absolute Gasteiger partial charge is 0.181 e. The van der Waals surface area contributed by atoms with Gasteiger partial charge in [0.2, 0.25) is 0 Å². The molecular formula is C15H11BrN2O. The van der Waals surface area contributed by atoms with E-state index in [1.165, 1.54) is 0 Å². The van der Waals surface area contributed by atoms with E-state index in [4.69, 9.17) is 5.26 Å². The molecule has 3 nitrogen and oxygen atoms in total. The van der Waals surface area contributed by atoms with Crippen LogP contribution in [0.4, 0.5) is 5.69 Å². The molecular weight excluding hydrogens is 304 g/mol. The molecule has 0 saturated carbocycles. The molecule has 0 fully saturated rings. The van der Waals surface area contributed by atoms with Gasteiger partial charge < -0.3 is 5.32 Å². The summed E-state index contributed by atoms with van der Waals surface area (Å²) in [5.74, 6) is -0.00703. The number of rotatable bonds is 4. The van der Waals surface area contributed by atoms with Crippen LogP contribution in [0.2, 0.25) is 0 Å². The molecule has 0 amide bonds. The van der Waals surface area contributed by atoms with E-state index in [1.807, 2.05) is 30.3 Å². The normalized spacial score (nSPS) is 9.68. The molecule has 0 aromatic heterocycles. The van der Waals surface area contributed by atoms with Gasteiger partial charge >= 0.3 is 0 Å². The number of carbonyl (C=O) groups is 1. The molecule has 0 aliphatic rings. The lowest BCUT2D eigenvalue weighted by molar-refractivity contribution is 0.101. The Bertz CT molecular complexity index is 612. The molecule has 0 saturated heterocycles. The van der Waals surface area contributed by atoms with E-state index in [9.17, 15) is 4.79 Å². The van der Waals surface area contributed by atoms with Crippen molar-refractivity contribution in [3.63, 3.8) is 0 Å². The van der Waals surface area contributed by atoms with Crippen molar-refractivity contribution in [2.75, 3.05) is 11.9 Å². The summed E-state index contributed by atoms with van der Waals surface area (Å²) in [6.45, 7) is 0.230. The van der Waals surface area contributed by atoms with Crippen LogP contribution in [0.5, 0.6) is 0 Å². The second-order valence-electron chi connectivity index (χ2n) is 3.97. The van der Waals surface area contributed by atoms with Crippen LogP contribution in [0.25, 0.3) is 0 Å². The van der Waals surface area contributed by atoms with Gasteiger partial charge in [-0.05, 0) is 36.4 Å². The highest BCUT2D eigenvalue weighted by Gasteiger charge is 2.05. The number of hydrogen-bond donors (Lipinski definition) is 1. The first-order chi connectivity index (χ1) is 9.19. The van der Waals surface area contributed by atoms with Crippen molar-refractivity contribution in [1.82, 2.24) is 0 Å². The number of halogens is 1. The molecule has 1 N–H and O–H groups in total. The van der Waals surface area contributed by atoms with Crippen LogP contribution in [0.1, 0.15) is 15.9 Å². The van der Waals surface area contributed by atoms with Crippen molar-refractivity contribution >= 4 is 27.4 Å². The standard InChI is InChI=1S/C15H11BrN2O/c16-13-5-7-14(8-6-13)18-10-15(19)12-3-1-11(9-17)2-4-12/h1-8,18H,10H2. The molecule has 2 rings (SSSR count). The Hall–Kier alpha value is -2.12. The molecule has 0 bridgehead atoms. The number of hydrogen-bond acceptors (Lipinski definition) is 3. The van der Waals surface area contributed by atoms with Crippen LogP contribution in [0, 0.1) is 11.3 Å². The van der Waals surface area contributed by atoms with Gasteiger partial charge in [0, 0.05) is 15.7 Å². The molecule has 2 aromatic carbocycles. The quantitative estimate of drug-likeness (QED) is 0.877. The number of nitrogens with one attached hydrogen (secondary N) is 1. The monoisotopic (exact) mass is 314 g/mol. The third-order valence-electron chi connectivity index (χ3n) is 2.63. The first kappa shape index (κ1) is 13.3. The Balaban J connectivity index is 1.97. The average Bonchev–Trinajstić information content (AvgIpc) is 2.46. The first-order valence-electron chi connectivity index (χ1n) is 5.72. The maximum atomic E-state index is 11.9. The fourth-order valence-electron chi connectivity index (χ4n) is 1.58. The molecule has 0 aliphatic heterocycles. The van der Waals surface area contributed by atoms with Gasteiger partial charge in [0.1, 0.15) is 0 Å². The Morgan fingerprint density at radius 2 is 1.74 bits per heavy atom. The van der Waals surface area contributed by atoms with Crippen LogP contribution < -0.4 is 5.32 Å². The lowest BCUT2D eigenvalue weighted by atomic mass is 10.1. The lowest BCUT2D eigenvalue weighted by Crippen LogP contribution is -2.13. The minimum absolute atomic E-state index is 0.00703. The molecule has 0 heterocycles. The van der Waals surface area contributed by atoms with Crippen molar-refractivity contribution in [3.05, 3.63) is 64.1 Å². The third kappa shape index (κ3) is 3.67. The topological polar surface area (TPSA) is 52.9 Å². The number of ketones is 1. The second-order valence-corrected chi connectivity index (χ2v) is 4.89. The second kappa shape index (κ2) is 6.17. The highest BCUT2D eigenvalue weighted by molar-refractivity contribution is 9.10. The zero-order chi connectivity index (χ0) is 13.7. The van der Waals surface area contributed by atoms with Crippen LogP contribution >= 0.6 is 15.9 Å². The van der Waals surface area contributed by atoms with E-state index in [0.717, 1.165) is 10.2 Å². The van der Waals surface area contributed by atoms with E-state index in [2.05, 4.69) is 21.2 Å². The van der Waals surface area contributed by atoms with Crippen molar-refractivity contribution < 1.29 is 4.79 Å². The number of nitriles is 1. The molecule has 0 unspecified atom stereocenters. The molecule has 2 aromatic rings. The van der Waals surface area contributed by atoms with Gasteiger partial charge in [0.25, 0.3) is 0 Å². The number of benzene rings is 2. The summed E-state index contributed by atoms with van der Waals surface area (Å²) in [6.07, 6.45) is 0. The Morgan fingerprint density at radius 3 is 2.32 bits per heavy atom. The van der Waals surface area contributed by atoms with Crippen molar-refractivity contribution in [3.8, 4) is 6.07 Å². The van der Waals surface area contributed by atoms with E-state index < -0.39 is 0 Å². The van der Waals surface area contributed by atoms with Gasteiger partial charge in [-0.15, -0.1) is 0 Å². The Morgan fingerprint density at radius 1 is 1.11 bits per heavy atom. The average molecular weight is 315 g/mol. The highest BCUT2D eigenvalue weighted by Crippen LogP contribution is 2.14. The van der Waals surface area contributed by atoms with Gasteiger partial charge in [-0.2, -0.15) is 5.26 Å². The Labute approximate surface area is 120 Å². The van der Waals surface area contributed by atoms with Crippen LogP contribution in [0.15, 0.2) is 53.0 Å². The van der Waals surface area contributed by atoms with Gasteiger partial charge in [-0.25, -0.2) is 0 Å². The van der Waals surface area contributed by atoms with Crippen LogP contribution in [-0.2, 0) is 0 Å². The largest absolute Gasteiger partial charge is 0.378 e. The van der Waals surface area contributed by atoms with Crippen molar-refractivity contribution in [2.45, 2.75) is 0 Å². The zero-order valence-corrected chi connectivity index (χ0v) is 11.6. The SMILES string of the molecule is N#Cc1ccc(C(=O)CNc2ccc(Br)cc2)cc1. The predicted octanol–water partition coefficient (Wildman–Crippen LogP) is 3.62. The molecule has 4 heteroatoms. The summed E-state index contributed by atoms with van der Waals surface area (Å²) in [6, 6.07) is 16.3. The molecule has 19 heavy (non-hydrogen) atoms. The predicted molar refractivity (Wildman–Crippen MR) is 78.1 cm³/mol. The lowest BCUT2D eigenvalue weighted by Gasteiger charge is -2.06. The molecule has 0 atom stereocenters. The van der Waals surface area contributed by atoms with Crippen LogP contribution in [-0.4, -0.2) is 12.3 Å². The summed E-state index contributed by atoms with van der Waals surface area (Å²) in [5.41, 5.74) is 2.05. The summed E-state index contributed by atoms with van der Waals surface area (Å²) < 4.78 is 0.997. The molecule has 94 valence electrons. The maximum absolute atomic E-state index is 11.9. The van der Waals surface area contributed by atoms with Gasteiger partial charge in [0.15, 0.2) is 5.78 Å². The minimum Gasteiger partial charge on any atom is -0.378 e. The highest BCUT2D eigenvalue weighted by atomic mass is 79.9. The summed E-state index contributed by atoms with van der Waals surface area (Å²) in [5, 5.41) is 11.8. The zero-order valence-electron chi connectivity index (χ0n) is 10.1. The Kier molecular flexibility index (Phi) is 4.32. The van der Waals surface area contributed by atoms with E-state index >= 15 is 0 Å². The first-order valence-corrected chi connectivity index (χ1v) is 6.51. The molecule has 0 radical (unpaired) electrons. The summed E-state index contributed by atoms with van der Waals surface area (Å²) in [4.78, 5) is 11.9. The van der Waals surface area contributed by atoms with Crippen molar-refractivity contribution in [2.24, 2.45) is 0 Å². The molecule has 0 aliphatic carbocycles. The van der Waals surface area contributed by atoms with Crippen molar-refractivity contribution in [1.29, 1.82) is 5.26 Å². The van der Waals surface area contributed by atoms with Gasteiger partial charge in [-0.1, -0.05) is 28.1 Å². The number of anilines is 1. The third-order valence-corrected chi connectivity index (χ3v) is 3.16. The fourth-order valence-corrected chi connectivity index (χ4v) is 1.85. The number of Topliss-reactive ketones (excluding diaryl/α,β-unsaturated/α-hetero) is 1. The van der Waals surface area contributed by atoms with Gasteiger partial charge in [-0.3, -0.25) is 4.79 Å². The fraction of sp³-hybridized carbons (Fsp3) is 0.0667. The number of nitrogens with zero attached hydrogens (tertiary/aromatic N) is 1. The van der Waals surface area contributed by atoms with Gasteiger partial charge in [0.05, 0.1) is 18.2 Å². The van der Waals surface area contributed by atoms with Crippen LogP contribution in [0.3, 0.4) is 0 Å². The minimum atomic E-state index is -0.00703. The maximum Gasteiger partial charge on any atom is 0.181 e.